The van der Waals surface area contributed by atoms with Crippen LogP contribution in [-0.4, -0.2) is 24.3 Å². The molecule has 0 saturated heterocycles. The van der Waals surface area contributed by atoms with Crippen LogP contribution in [0.3, 0.4) is 0 Å². The predicted molar refractivity (Wildman–Crippen MR) is 88.0 cm³/mol. The Labute approximate surface area is 131 Å². The molecule has 0 radical (unpaired) electrons. The number of benzene rings is 1. The lowest BCUT2D eigenvalue weighted by Gasteiger charge is -2.38. The molecule has 1 aliphatic rings. The van der Waals surface area contributed by atoms with E-state index >= 15 is 0 Å². The number of rotatable bonds is 7. The lowest BCUT2D eigenvalue weighted by atomic mass is 9.75. The van der Waals surface area contributed by atoms with Crippen molar-refractivity contribution < 1.29 is 5.11 Å². The van der Waals surface area contributed by atoms with Gasteiger partial charge in [-0.3, -0.25) is 0 Å². The largest absolute Gasteiger partial charge is 0.396 e. The molecule has 0 heterocycles. The van der Waals surface area contributed by atoms with Gasteiger partial charge in [0.15, 0.2) is 0 Å². The van der Waals surface area contributed by atoms with Gasteiger partial charge in [-0.05, 0) is 54.7 Å². The molecule has 0 aliphatic heterocycles. The maximum Gasteiger partial charge on any atom is 0.0431 e. The van der Waals surface area contributed by atoms with Gasteiger partial charge in [-0.15, -0.1) is 0 Å². The Hall–Kier alpha value is -0.380. The van der Waals surface area contributed by atoms with Gasteiger partial charge in [0.25, 0.3) is 0 Å². The van der Waals surface area contributed by atoms with E-state index in [1.165, 1.54) is 22.9 Å². The fourth-order valence-corrected chi connectivity index (χ4v) is 3.30. The van der Waals surface area contributed by atoms with Crippen molar-refractivity contribution in [3.63, 3.8) is 0 Å². The van der Waals surface area contributed by atoms with Crippen LogP contribution in [0.25, 0.3) is 0 Å². The van der Waals surface area contributed by atoms with Gasteiger partial charge in [0.1, 0.15) is 0 Å². The Morgan fingerprint density at radius 2 is 2.10 bits per heavy atom. The van der Waals surface area contributed by atoms with Gasteiger partial charge in [0.05, 0.1) is 0 Å². The molecule has 20 heavy (non-hydrogen) atoms. The lowest BCUT2D eigenvalue weighted by molar-refractivity contribution is 0.210. The standard InChI is InChI=1S/C17H26BrNO/c1-17(2,7-4-8-20)12-19-16-10-14(11-16)13-5-3-6-15(18)9-13/h3,5-6,9,14,16,19-20H,4,7-8,10-12H2,1-2H3. The van der Waals surface area contributed by atoms with Crippen molar-refractivity contribution in [1.29, 1.82) is 0 Å². The molecule has 1 fully saturated rings. The van der Waals surface area contributed by atoms with Crippen LogP contribution >= 0.6 is 15.9 Å². The molecule has 2 N–H and O–H groups in total. The average molecular weight is 340 g/mol. The third-order valence-electron chi connectivity index (χ3n) is 4.34. The molecule has 0 amide bonds. The minimum Gasteiger partial charge on any atom is -0.396 e. The van der Waals surface area contributed by atoms with Gasteiger partial charge < -0.3 is 10.4 Å². The van der Waals surface area contributed by atoms with E-state index in [2.05, 4.69) is 59.4 Å². The minimum atomic E-state index is 0.281. The Balaban J connectivity index is 1.72. The third-order valence-corrected chi connectivity index (χ3v) is 4.83. The van der Waals surface area contributed by atoms with Crippen molar-refractivity contribution in [2.75, 3.05) is 13.2 Å². The summed E-state index contributed by atoms with van der Waals surface area (Å²) in [6, 6.07) is 9.34. The van der Waals surface area contributed by atoms with Crippen LogP contribution in [0.2, 0.25) is 0 Å². The van der Waals surface area contributed by atoms with Crippen LogP contribution in [-0.2, 0) is 0 Å². The SMILES string of the molecule is CC(C)(CCCO)CNC1CC(c2cccc(Br)c2)C1. The molecule has 1 saturated carbocycles. The summed E-state index contributed by atoms with van der Waals surface area (Å²) in [6.07, 6.45) is 4.47. The summed E-state index contributed by atoms with van der Waals surface area (Å²) in [7, 11) is 0. The van der Waals surface area contributed by atoms with E-state index in [0.29, 0.717) is 18.6 Å². The van der Waals surface area contributed by atoms with E-state index in [4.69, 9.17) is 5.11 Å². The van der Waals surface area contributed by atoms with E-state index in [0.717, 1.165) is 19.4 Å². The van der Waals surface area contributed by atoms with E-state index in [1.807, 2.05) is 0 Å². The van der Waals surface area contributed by atoms with Gasteiger partial charge in [0, 0.05) is 23.7 Å². The van der Waals surface area contributed by atoms with E-state index in [-0.39, 0.29) is 5.41 Å². The van der Waals surface area contributed by atoms with E-state index < -0.39 is 0 Å². The molecule has 1 aromatic rings. The summed E-state index contributed by atoms with van der Waals surface area (Å²) in [5.74, 6) is 0.713. The zero-order valence-corrected chi connectivity index (χ0v) is 14.1. The highest BCUT2D eigenvalue weighted by Crippen LogP contribution is 2.38. The van der Waals surface area contributed by atoms with Crippen molar-refractivity contribution in [3.05, 3.63) is 34.3 Å². The Kier molecular flexibility index (Phi) is 5.65. The molecule has 2 rings (SSSR count). The first kappa shape index (κ1) is 16.0. The molecule has 0 bridgehead atoms. The fourth-order valence-electron chi connectivity index (χ4n) is 2.88. The first-order chi connectivity index (χ1) is 9.50. The number of nitrogens with one attached hydrogen (secondary N) is 1. The van der Waals surface area contributed by atoms with Gasteiger partial charge in [-0.2, -0.15) is 0 Å². The number of hydrogen-bond donors (Lipinski definition) is 2. The van der Waals surface area contributed by atoms with Gasteiger partial charge in [-0.1, -0.05) is 41.9 Å². The first-order valence-electron chi connectivity index (χ1n) is 7.60. The van der Waals surface area contributed by atoms with Crippen LogP contribution in [0.15, 0.2) is 28.7 Å². The number of hydrogen-bond acceptors (Lipinski definition) is 2. The van der Waals surface area contributed by atoms with Crippen molar-refractivity contribution in [3.8, 4) is 0 Å². The van der Waals surface area contributed by atoms with Crippen LogP contribution in [0.5, 0.6) is 0 Å². The molecule has 1 aromatic carbocycles. The summed E-state index contributed by atoms with van der Waals surface area (Å²) in [6.45, 7) is 5.90. The van der Waals surface area contributed by atoms with Crippen molar-refractivity contribution in [2.45, 2.75) is 51.5 Å². The minimum absolute atomic E-state index is 0.281. The molecule has 0 aromatic heterocycles. The van der Waals surface area contributed by atoms with Gasteiger partial charge in [-0.25, -0.2) is 0 Å². The van der Waals surface area contributed by atoms with Crippen LogP contribution < -0.4 is 5.32 Å². The summed E-state index contributed by atoms with van der Waals surface area (Å²) >= 11 is 3.54. The molecule has 0 atom stereocenters. The zero-order valence-electron chi connectivity index (χ0n) is 12.5. The van der Waals surface area contributed by atoms with Crippen LogP contribution in [0, 0.1) is 5.41 Å². The fraction of sp³-hybridized carbons (Fsp3) is 0.647. The van der Waals surface area contributed by atoms with Crippen molar-refractivity contribution in [2.24, 2.45) is 5.41 Å². The van der Waals surface area contributed by atoms with Crippen LogP contribution in [0.4, 0.5) is 0 Å². The second kappa shape index (κ2) is 7.06. The number of aliphatic hydroxyl groups excluding tert-OH is 1. The van der Waals surface area contributed by atoms with Crippen LogP contribution in [0.1, 0.15) is 51.0 Å². The van der Waals surface area contributed by atoms with Crippen molar-refractivity contribution >= 4 is 15.9 Å². The Bertz CT molecular complexity index is 427. The number of aliphatic hydroxyl groups is 1. The predicted octanol–water partition coefficient (Wildman–Crippen LogP) is 4.08. The summed E-state index contributed by atoms with van der Waals surface area (Å²) in [5, 5.41) is 12.6. The van der Waals surface area contributed by atoms with E-state index in [9.17, 15) is 0 Å². The zero-order chi connectivity index (χ0) is 14.6. The maximum atomic E-state index is 8.92. The van der Waals surface area contributed by atoms with Crippen molar-refractivity contribution in [1.82, 2.24) is 5.32 Å². The molecular weight excluding hydrogens is 314 g/mol. The van der Waals surface area contributed by atoms with Gasteiger partial charge in [0.2, 0.25) is 0 Å². The highest BCUT2D eigenvalue weighted by Gasteiger charge is 2.31. The monoisotopic (exact) mass is 339 g/mol. The smallest absolute Gasteiger partial charge is 0.0431 e. The highest BCUT2D eigenvalue weighted by molar-refractivity contribution is 9.10. The maximum absolute atomic E-state index is 8.92. The quantitative estimate of drug-likeness (QED) is 0.784. The highest BCUT2D eigenvalue weighted by atomic mass is 79.9. The summed E-state index contributed by atoms with van der Waals surface area (Å²) in [4.78, 5) is 0. The molecule has 2 nitrogen and oxygen atoms in total. The molecule has 112 valence electrons. The topological polar surface area (TPSA) is 32.3 Å². The van der Waals surface area contributed by atoms with Gasteiger partial charge >= 0.3 is 0 Å². The molecule has 1 aliphatic carbocycles. The Morgan fingerprint density at radius 1 is 1.35 bits per heavy atom. The first-order valence-corrected chi connectivity index (χ1v) is 8.39. The Morgan fingerprint density at radius 3 is 2.75 bits per heavy atom. The second-order valence-electron chi connectivity index (χ2n) is 6.79. The second-order valence-corrected chi connectivity index (χ2v) is 7.71. The molecular formula is C17H26BrNO. The normalized spacial score (nSPS) is 22.6. The lowest BCUT2D eigenvalue weighted by Crippen LogP contribution is -2.44. The average Bonchev–Trinajstić information content (AvgIpc) is 2.34. The summed E-state index contributed by atoms with van der Waals surface area (Å²) in [5.41, 5.74) is 1.74. The third kappa shape index (κ3) is 4.57. The van der Waals surface area contributed by atoms with E-state index in [1.54, 1.807) is 0 Å². The molecule has 0 spiro atoms. The molecule has 3 heteroatoms. The molecule has 0 unspecified atom stereocenters. The summed E-state index contributed by atoms with van der Waals surface area (Å²) < 4.78 is 1.18. The number of halogens is 1.